The first kappa shape index (κ1) is 19.6. The summed E-state index contributed by atoms with van der Waals surface area (Å²) in [6.07, 6.45) is 4.08. The Morgan fingerprint density at radius 2 is 2.00 bits per heavy atom. The smallest absolute Gasteiger partial charge is 0.191 e. The number of halogens is 2. The van der Waals surface area contributed by atoms with Crippen LogP contribution in [0.15, 0.2) is 47.7 Å². The van der Waals surface area contributed by atoms with E-state index in [1.807, 2.05) is 36.7 Å². The Balaban J connectivity index is 0.00000264. The maximum Gasteiger partial charge on any atom is 0.191 e. The molecule has 5 nitrogen and oxygen atoms in total. The van der Waals surface area contributed by atoms with Crippen molar-refractivity contribution in [2.75, 3.05) is 20.7 Å². The van der Waals surface area contributed by atoms with Crippen LogP contribution in [0, 0.1) is 0 Å². The second kappa shape index (κ2) is 10.4. The van der Waals surface area contributed by atoms with Crippen LogP contribution in [0.5, 0.6) is 5.75 Å². The van der Waals surface area contributed by atoms with E-state index in [4.69, 9.17) is 16.3 Å². The molecule has 0 saturated carbocycles. The highest BCUT2D eigenvalue weighted by molar-refractivity contribution is 14.0. The number of benzene rings is 1. The highest BCUT2D eigenvalue weighted by atomic mass is 127. The minimum atomic E-state index is 0. The number of methoxy groups -OCH3 is 1. The average molecular weight is 449 g/mol. The van der Waals surface area contributed by atoms with Crippen molar-refractivity contribution in [1.29, 1.82) is 0 Å². The van der Waals surface area contributed by atoms with Crippen molar-refractivity contribution in [2.45, 2.75) is 13.1 Å². The second-order valence-electron chi connectivity index (χ2n) is 4.73. The lowest BCUT2D eigenvalue weighted by molar-refractivity contribution is 0.409. The third kappa shape index (κ3) is 6.31. The maximum atomic E-state index is 5.96. The maximum absolute atomic E-state index is 5.96. The Hall–Kier alpha value is -1.41. The molecule has 2 N–H and O–H groups in total. The van der Waals surface area contributed by atoms with Crippen LogP contribution < -0.4 is 15.4 Å². The molecule has 2 rings (SSSR count). The summed E-state index contributed by atoms with van der Waals surface area (Å²) in [5, 5.41) is 7.21. The van der Waals surface area contributed by atoms with Crippen LogP contribution in [0.2, 0.25) is 5.02 Å². The Morgan fingerprint density at radius 3 is 2.65 bits per heavy atom. The molecule has 0 saturated heterocycles. The van der Waals surface area contributed by atoms with E-state index < -0.39 is 0 Å². The predicted molar refractivity (Wildman–Crippen MR) is 106 cm³/mol. The van der Waals surface area contributed by atoms with Crippen molar-refractivity contribution in [3.63, 3.8) is 0 Å². The molecule has 0 unspecified atom stereocenters. The van der Waals surface area contributed by atoms with Crippen molar-refractivity contribution in [3.8, 4) is 5.75 Å². The average Bonchev–Trinajstić information content (AvgIpc) is 3.04. The molecular formula is C16H22ClIN4O. The lowest BCUT2D eigenvalue weighted by Crippen LogP contribution is -2.38. The Bertz CT molecular complexity index is 617. The van der Waals surface area contributed by atoms with Gasteiger partial charge in [0, 0.05) is 49.7 Å². The number of aliphatic imine (C=N–C) groups is 1. The normalized spacial score (nSPS) is 10.8. The van der Waals surface area contributed by atoms with E-state index in [9.17, 15) is 0 Å². The van der Waals surface area contributed by atoms with Gasteiger partial charge in [-0.15, -0.1) is 24.0 Å². The van der Waals surface area contributed by atoms with E-state index in [1.165, 1.54) is 0 Å². The highest BCUT2D eigenvalue weighted by Gasteiger charge is 2.05. The van der Waals surface area contributed by atoms with Crippen LogP contribution in [0.3, 0.4) is 0 Å². The zero-order valence-electron chi connectivity index (χ0n) is 13.3. The van der Waals surface area contributed by atoms with Gasteiger partial charge in [-0.2, -0.15) is 0 Å². The summed E-state index contributed by atoms with van der Waals surface area (Å²) in [4.78, 5) is 4.21. The molecule has 1 aromatic heterocycles. The first-order valence-corrected chi connectivity index (χ1v) is 7.48. The number of hydrogen-bond donors (Lipinski definition) is 2. The minimum Gasteiger partial charge on any atom is -0.496 e. The van der Waals surface area contributed by atoms with Crippen molar-refractivity contribution < 1.29 is 4.74 Å². The predicted octanol–water partition coefficient (Wildman–Crippen LogP) is 3.13. The number of rotatable bonds is 6. The van der Waals surface area contributed by atoms with Crippen molar-refractivity contribution >= 4 is 41.5 Å². The second-order valence-corrected chi connectivity index (χ2v) is 5.17. The summed E-state index contributed by atoms with van der Waals surface area (Å²) in [6, 6.07) is 9.63. The number of hydrogen-bond acceptors (Lipinski definition) is 2. The van der Waals surface area contributed by atoms with Crippen LogP contribution >= 0.6 is 35.6 Å². The quantitative estimate of drug-likeness (QED) is 0.406. The number of aromatic nitrogens is 1. The van der Waals surface area contributed by atoms with E-state index in [1.54, 1.807) is 20.2 Å². The molecule has 0 bridgehead atoms. The van der Waals surface area contributed by atoms with Crippen LogP contribution in [0.1, 0.15) is 5.56 Å². The topological polar surface area (TPSA) is 50.6 Å². The molecule has 0 aliphatic heterocycles. The van der Waals surface area contributed by atoms with E-state index >= 15 is 0 Å². The van der Waals surface area contributed by atoms with E-state index in [0.29, 0.717) is 11.6 Å². The Morgan fingerprint density at radius 1 is 1.26 bits per heavy atom. The fourth-order valence-electron chi connectivity index (χ4n) is 2.09. The molecule has 126 valence electrons. The lowest BCUT2D eigenvalue weighted by atomic mass is 10.2. The first-order chi connectivity index (χ1) is 10.7. The summed E-state index contributed by atoms with van der Waals surface area (Å²) in [5.74, 6) is 1.52. The molecule has 1 aromatic carbocycles. The largest absolute Gasteiger partial charge is 0.496 e. The van der Waals surface area contributed by atoms with Gasteiger partial charge in [0.05, 0.1) is 7.11 Å². The molecule has 1 heterocycles. The summed E-state index contributed by atoms with van der Waals surface area (Å²) < 4.78 is 7.45. The van der Waals surface area contributed by atoms with Crippen molar-refractivity contribution in [1.82, 2.24) is 15.2 Å². The van der Waals surface area contributed by atoms with Gasteiger partial charge in [0.15, 0.2) is 5.96 Å². The van der Waals surface area contributed by atoms with Crippen LogP contribution in [0.4, 0.5) is 0 Å². The zero-order chi connectivity index (χ0) is 15.8. The van der Waals surface area contributed by atoms with Crippen molar-refractivity contribution in [2.24, 2.45) is 4.99 Å². The van der Waals surface area contributed by atoms with Gasteiger partial charge in [-0.05, 0) is 24.3 Å². The van der Waals surface area contributed by atoms with Crippen LogP contribution in [0.25, 0.3) is 0 Å². The minimum absolute atomic E-state index is 0. The van der Waals surface area contributed by atoms with Gasteiger partial charge in [-0.3, -0.25) is 4.99 Å². The highest BCUT2D eigenvalue weighted by Crippen LogP contribution is 2.22. The molecule has 2 aromatic rings. The first-order valence-electron chi connectivity index (χ1n) is 7.10. The van der Waals surface area contributed by atoms with Crippen LogP contribution in [-0.2, 0) is 13.1 Å². The van der Waals surface area contributed by atoms with Gasteiger partial charge < -0.3 is 19.9 Å². The van der Waals surface area contributed by atoms with E-state index in [-0.39, 0.29) is 24.0 Å². The van der Waals surface area contributed by atoms with Gasteiger partial charge in [-0.25, -0.2) is 0 Å². The third-order valence-electron chi connectivity index (χ3n) is 3.25. The zero-order valence-corrected chi connectivity index (χ0v) is 16.3. The van der Waals surface area contributed by atoms with Gasteiger partial charge in [0.2, 0.25) is 0 Å². The molecule has 7 heteroatoms. The van der Waals surface area contributed by atoms with E-state index in [2.05, 4.69) is 20.2 Å². The van der Waals surface area contributed by atoms with Gasteiger partial charge in [0.25, 0.3) is 0 Å². The molecule has 0 aliphatic carbocycles. The van der Waals surface area contributed by atoms with Crippen LogP contribution in [-0.4, -0.2) is 31.2 Å². The molecular weight excluding hydrogens is 427 g/mol. The fraction of sp³-hybridized carbons (Fsp3) is 0.312. The molecule has 0 radical (unpaired) electrons. The summed E-state index contributed by atoms with van der Waals surface area (Å²) >= 11 is 5.96. The number of nitrogens with one attached hydrogen (secondary N) is 2. The van der Waals surface area contributed by atoms with Gasteiger partial charge in [-0.1, -0.05) is 17.7 Å². The summed E-state index contributed by atoms with van der Waals surface area (Å²) in [5.41, 5.74) is 1.03. The molecule has 0 aliphatic rings. The SMILES string of the molecule is CN=C(NCCn1cccc1)NCc1ccc(Cl)cc1OC.I. The standard InChI is InChI=1S/C16H21ClN4O.HI/c1-18-16(19-7-10-21-8-3-4-9-21)20-12-13-5-6-14(17)11-15(13)22-2;/h3-6,8-9,11H,7,10,12H2,1-2H3,(H2,18,19,20);1H. The molecule has 23 heavy (non-hydrogen) atoms. The fourth-order valence-corrected chi connectivity index (χ4v) is 2.25. The lowest BCUT2D eigenvalue weighted by Gasteiger charge is -2.14. The van der Waals surface area contributed by atoms with Gasteiger partial charge in [0.1, 0.15) is 5.75 Å². The molecule has 0 amide bonds. The Kier molecular flexibility index (Phi) is 8.86. The number of guanidine groups is 1. The summed E-state index contributed by atoms with van der Waals surface area (Å²) in [6.45, 7) is 2.30. The monoisotopic (exact) mass is 448 g/mol. The number of ether oxygens (including phenoxy) is 1. The van der Waals surface area contributed by atoms with Crippen molar-refractivity contribution in [3.05, 3.63) is 53.3 Å². The molecule has 0 spiro atoms. The molecule has 0 atom stereocenters. The summed E-state index contributed by atoms with van der Waals surface area (Å²) in [7, 11) is 3.39. The number of nitrogens with zero attached hydrogens (tertiary/aromatic N) is 2. The van der Waals surface area contributed by atoms with E-state index in [0.717, 1.165) is 30.4 Å². The van der Waals surface area contributed by atoms with Gasteiger partial charge >= 0.3 is 0 Å². The third-order valence-corrected chi connectivity index (χ3v) is 3.48. The Labute approximate surface area is 159 Å². The molecule has 0 fully saturated rings.